The molecule has 6 nitrogen and oxygen atoms in total. The maximum absolute atomic E-state index is 10.5. The van der Waals surface area contributed by atoms with E-state index in [9.17, 15) is 9.59 Å². The van der Waals surface area contributed by atoms with Crippen LogP contribution in [0.25, 0.3) is 0 Å². The molecule has 0 aliphatic rings. The molecule has 1 aromatic rings. The fourth-order valence-corrected chi connectivity index (χ4v) is 0.780. The Bertz CT molecular complexity index is 375. The SMILES string of the molecule is Cc1nc(C(=O)O)ncc1C(=O)O. The summed E-state index contributed by atoms with van der Waals surface area (Å²) < 4.78 is 0. The van der Waals surface area contributed by atoms with Crippen LogP contribution in [0.1, 0.15) is 26.7 Å². The summed E-state index contributed by atoms with van der Waals surface area (Å²) in [4.78, 5) is 27.7. The van der Waals surface area contributed by atoms with E-state index >= 15 is 0 Å². The minimum atomic E-state index is -1.28. The number of aryl methyl sites for hydroxylation is 1. The van der Waals surface area contributed by atoms with Crippen molar-refractivity contribution in [3.63, 3.8) is 0 Å². The van der Waals surface area contributed by atoms with Crippen molar-refractivity contribution in [2.75, 3.05) is 0 Å². The second-order valence-electron chi connectivity index (χ2n) is 2.30. The number of hydrogen-bond donors (Lipinski definition) is 2. The molecular weight excluding hydrogens is 176 g/mol. The Hall–Kier alpha value is -1.98. The van der Waals surface area contributed by atoms with E-state index in [0.29, 0.717) is 0 Å². The van der Waals surface area contributed by atoms with E-state index < -0.39 is 17.8 Å². The zero-order valence-corrected chi connectivity index (χ0v) is 6.68. The molecule has 0 unspecified atom stereocenters. The van der Waals surface area contributed by atoms with E-state index in [1.54, 1.807) is 0 Å². The highest BCUT2D eigenvalue weighted by molar-refractivity contribution is 5.89. The summed E-state index contributed by atoms with van der Waals surface area (Å²) in [5, 5.41) is 17.0. The van der Waals surface area contributed by atoms with Crippen molar-refractivity contribution < 1.29 is 19.8 Å². The van der Waals surface area contributed by atoms with Crippen LogP contribution in [0.15, 0.2) is 6.20 Å². The quantitative estimate of drug-likeness (QED) is 0.676. The Morgan fingerprint density at radius 3 is 2.31 bits per heavy atom. The van der Waals surface area contributed by atoms with E-state index in [1.165, 1.54) is 6.92 Å². The molecule has 1 aromatic heterocycles. The highest BCUT2D eigenvalue weighted by Gasteiger charge is 2.12. The van der Waals surface area contributed by atoms with Gasteiger partial charge in [0.1, 0.15) is 0 Å². The molecule has 1 heterocycles. The molecule has 6 heteroatoms. The van der Waals surface area contributed by atoms with E-state index in [0.717, 1.165) is 6.20 Å². The fourth-order valence-electron chi connectivity index (χ4n) is 0.780. The third-order valence-electron chi connectivity index (χ3n) is 1.40. The van der Waals surface area contributed by atoms with Crippen molar-refractivity contribution in [2.45, 2.75) is 6.92 Å². The molecule has 0 saturated carbocycles. The van der Waals surface area contributed by atoms with Crippen molar-refractivity contribution >= 4 is 11.9 Å². The number of carboxylic acid groups (broad SMARTS) is 2. The van der Waals surface area contributed by atoms with Gasteiger partial charge in [0.15, 0.2) is 0 Å². The minimum absolute atomic E-state index is 0.0926. The van der Waals surface area contributed by atoms with Gasteiger partial charge in [-0.2, -0.15) is 0 Å². The van der Waals surface area contributed by atoms with E-state index in [1.807, 2.05) is 0 Å². The van der Waals surface area contributed by atoms with E-state index in [4.69, 9.17) is 10.2 Å². The van der Waals surface area contributed by atoms with Crippen LogP contribution in [0.5, 0.6) is 0 Å². The highest BCUT2D eigenvalue weighted by Crippen LogP contribution is 2.03. The zero-order chi connectivity index (χ0) is 10.0. The molecule has 0 aromatic carbocycles. The Morgan fingerprint density at radius 1 is 1.31 bits per heavy atom. The van der Waals surface area contributed by atoms with Crippen LogP contribution in [0, 0.1) is 6.92 Å². The van der Waals surface area contributed by atoms with Crippen molar-refractivity contribution in [3.05, 3.63) is 23.3 Å². The number of hydrogen-bond acceptors (Lipinski definition) is 4. The lowest BCUT2D eigenvalue weighted by molar-refractivity contribution is 0.0668. The Balaban J connectivity index is 3.20. The molecule has 0 atom stereocenters. The predicted octanol–water partition coefficient (Wildman–Crippen LogP) is 0.181. The van der Waals surface area contributed by atoms with Gasteiger partial charge in [-0.05, 0) is 6.92 Å². The van der Waals surface area contributed by atoms with Gasteiger partial charge in [0, 0.05) is 6.20 Å². The topological polar surface area (TPSA) is 100 Å². The second-order valence-corrected chi connectivity index (χ2v) is 2.30. The van der Waals surface area contributed by atoms with Gasteiger partial charge >= 0.3 is 11.9 Å². The van der Waals surface area contributed by atoms with E-state index in [2.05, 4.69) is 9.97 Å². The molecule has 0 radical (unpaired) electrons. The number of aromatic carboxylic acids is 2. The van der Waals surface area contributed by atoms with Gasteiger partial charge in [0.2, 0.25) is 5.82 Å². The molecule has 0 saturated heterocycles. The summed E-state index contributed by atoms with van der Waals surface area (Å²) in [6.07, 6.45) is 0.980. The van der Waals surface area contributed by atoms with Crippen LogP contribution >= 0.6 is 0 Å². The first kappa shape index (κ1) is 9.11. The summed E-state index contributed by atoms with van der Waals surface area (Å²) in [5.41, 5.74) is 0.0462. The van der Waals surface area contributed by atoms with Crippen LogP contribution in [0.4, 0.5) is 0 Å². The van der Waals surface area contributed by atoms with E-state index in [-0.39, 0.29) is 11.3 Å². The molecule has 2 N–H and O–H groups in total. The molecule has 0 spiro atoms. The Kier molecular flexibility index (Phi) is 2.23. The molecule has 13 heavy (non-hydrogen) atoms. The predicted molar refractivity (Wildman–Crippen MR) is 40.7 cm³/mol. The maximum Gasteiger partial charge on any atom is 0.373 e. The third kappa shape index (κ3) is 1.78. The van der Waals surface area contributed by atoms with Gasteiger partial charge in [0.25, 0.3) is 0 Å². The smallest absolute Gasteiger partial charge is 0.373 e. The summed E-state index contributed by atoms with van der Waals surface area (Å²) in [6.45, 7) is 1.41. The normalized spacial score (nSPS) is 9.62. The molecular formula is C7H6N2O4. The molecule has 0 aliphatic heterocycles. The highest BCUT2D eigenvalue weighted by atomic mass is 16.4. The van der Waals surface area contributed by atoms with Gasteiger partial charge in [-0.15, -0.1) is 0 Å². The zero-order valence-electron chi connectivity index (χ0n) is 6.68. The molecule has 0 amide bonds. The first-order valence-electron chi connectivity index (χ1n) is 3.32. The minimum Gasteiger partial charge on any atom is -0.478 e. The van der Waals surface area contributed by atoms with Crippen molar-refractivity contribution in [1.29, 1.82) is 0 Å². The lowest BCUT2D eigenvalue weighted by Gasteiger charge is -1.99. The Morgan fingerprint density at radius 2 is 1.92 bits per heavy atom. The van der Waals surface area contributed by atoms with Gasteiger partial charge in [-0.3, -0.25) is 0 Å². The van der Waals surface area contributed by atoms with Crippen LogP contribution < -0.4 is 0 Å². The number of carboxylic acids is 2. The standard InChI is InChI=1S/C7H6N2O4/c1-3-4(6(10)11)2-8-5(9-3)7(12)13/h2H,1H3,(H,10,11)(H,12,13). The molecule has 1 rings (SSSR count). The lowest BCUT2D eigenvalue weighted by atomic mass is 10.2. The number of aromatic nitrogens is 2. The summed E-state index contributed by atoms with van der Waals surface area (Å²) in [5.74, 6) is -2.85. The second kappa shape index (κ2) is 3.18. The average Bonchev–Trinajstić information content (AvgIpc) is 2.03. The average molecular weight is 182 g/mol. The lowest BCUT2D eigenvalue weighted by Crippen LogP contribution is -2.09. The molecule has 0 aliphatic carbocycles. The van der Waals surface area contributed by atoms with Gasteiger partial charge in [0.05, 0.1) is 11.3 Å². The van der Waals surface area contributed by atoms with Gasteiger partial charge in [-0.1, -0.05) is 0 Å². The van der Waals surface area contributed by atoms with Crippen LogP contribution in [0.3, 0.4) is 0 Å². The van der Waals surface area contributed by atoms with Crippen LogP contribution in [-0.4, -0.2) is 32.1 Å². The van der Waals surface area contributed by atoms with Crippen LogP contribution in [-0.2, 0) is 0 Å². The Labute approximate surface area is 72.9 Å². The monoisotopic (exact) mass is 182 g/mol. The molecule has 0 fully saturated rings. The largest absolute Gasteiger partial charge is 0.478 e. The molecule has 68 valence electrons. The van der Waals surface area contributed by atoms with Crippen molar-refractivity contribution in [3.8, 4) is 0 Å². The van der Waals surface area contributed by atoms with Crippen molar-refractivity contribution in [1.82, 2.24) is 9.97 Å². The van der Waals surface area contributed by atoms with Gasteiger partial charge < -0.3 is 10.2 Å². The fraction of sp³-hybridized carbons (Fsp3) is 0.143. The van der Waals surface area contributed by atoms with Crippen molar-refractivity contribution in [2.24, 2.45) is 0 Å². The first-order chi connectivity index (χ1) is 6.02. The number of nitrogens with zero attached hydrogens (tertiary/aromatic N) is 2. The third-order valence-corrected chi connectivity index (χ3v) is 1.40. The van der Waals surface area contributed by atoms with Gasteiger partial charge in [-0.25, -0.2) is 19.6 Å². The first-order valence-corrected chi connectivity index (χ1v) is 3.32. The summed E-state index contributed by atoms with van der Waals surface area (Å²) in [6, 6.07) is 0. The molecule has 0 bridgehead atoms. The maximum atomic E-state index is 10.5. The number of carbonyl (C=O) groups is 2. The van der Waals surface area contributed by atoms with Crippen LogP contribution in [0.2, 0.25) is 0 Å². The summed E-state index contributed by atoms with van der Waals surface area (Å²) in [7, 11) is 0. The number of rotatable bonds is 2. The summed E-state index contributed by atoms with van der Waals surface area (Å²) >= 11 is 0.